The van der Waals surface area contributed by atoms with Crippen molar-refractivity contribution in [1.82, 2.24) is 20.5 Å². The molecule has 2 aromatic rings. The van der Waals surface area contributed by atoms with Gasteiger partial charge in [-0.1, -0.05) is 18.2 Å². The van der Waals surface area contributed by atoms with Gasteiger partial charge in [0.1, 0.15) is 0 Å². The molecule has 1 fully saturated rings. The molecule has 0 aliphatic carbocycles. The van der Waals surface area contributed by atoms with E-state index in [1.807, 2.05) is 29.2 Å². The van der Waals surface area contributed by atoms with Crippen LogP contribution in [-0.2, 0) is 4.79 Å². The highest BCUT2D eigenvalue weighted by molar-refractivity contribution is 5.90. The lowest BCUT2D eigenvalue weighted by Gasteiger charge is -2.34. The monoisotopic (exact) mass is 409 g/mol. The fourth-order valence-electron chi connectivity index (χ4n) is 3.78. The van der Waals surface area contributed by atoms with Gasteiger partial charge in [-0.15, -0.1) is 0 Å². The summed E-state index contributed by atoms with van der Waals surface area (Å²) in [4.78, 5) is 31.5. The first kappa shape index (κ1) is 20.0. The molecular weight excluding hydrogens is 385 g/mol. The Bertz CT molecular complexity index is 1030. The SMILES string of the molecule is CC(=O)N1CCC(NC2N=CC(F)=C(c3cccc(-c4ccc(=O)[nH]c4)c3)N2)CC1. The summed E-state index contributed by atoms with van der Waals surface area (Å²) in [5, 5.41) is 6.55. The molecule has 1 unspecified atom stereocenters. The van der Waals surface area contributed by atoms with Crippen LogP contribution in [0.4, 0.5) is 4.39 Å². The van der Waals surface area contributed by atoms with Gasteiger partial charge in [-0.05, 0) is 36.1 Å². The van der Waals surface area contributed by atoms with Crippen molar-refractivity contribution in [3.05, 3.63) is 64.3 Å². The zero-order valence-electron chi connectivity index (χ0n) is 16.7. The summed E-state index contributed by atoms with van der Waals surface area (Å²) in [7, 11) is 0. The highest BCUT2D eigenvalue weighted by Crippen LogP contribution is 2.25. The molecule has 2 aliphatic rings. The van der Waals surface area contributed by atoms with Gasteiger partial charge in [0.2, 0.25) is 11.5 Å². The molecule has 2 aliphatic heterocycles. The molecule has 1 aromatic heterocycles. The molecule has 1 aromatic carbocycles. The third kappa shape index (κ3) is 4.49. The molecule has 1 atom stereocenters. The van der Waals surface area contributed by atoms with E-state index in [2.05, 4.69) is 20.6 Å². The lowest BCUT2D eigenvalue weighted by atomic mass is 10.0. The number of H-pyrrole nitrogens is 1. The van der Waals surface area contributed by atoms with Crippen LogP contribution in [0.2, 0.25) is 0 Å². The quantitative estimate of drug-likeness (QED) is 0.723. The number of aromatic nitrogens is 1. The third-order valence-corrected chi connectivity index (χ3v) is 5.46. The van der Waals surface area contributed by atoms with E-state index >= 15 is 0 Å². The molecule has 4 rings (SSSR count). The van der Waals surface area contributed by atoms with E-state index in [1.54, 1.807) is 19.2 Å². The molecule has 156 valence electrons. The maximum atomic E-state index is 14.6. The predicted molar refractivity (Wildman–Crippen MR) is 114 cm³/mol. The number of hydrogen-bond donors (Lipinski definition) is 3. The zero-order valence-corrected chi connectivity index (χ0v) is 16.7. The van der Waals surface area contributed by atoms with Gasteiger partial charge in [0.25, 0.3) is 0 Å². The summed E-state index contributed by atoms with van der Waals surface area (Å²) in [5.74, 6) is -0.338. The van der Waals surface area contributed by atoms with Crippen molar-refractivity contribution in [2.24, 2.45) is 4.99 Å². The van der Waals surface area contributed by atoms with E-state index in [0.29, 0.717) is 24.4 Å². The first-order valence-corrected chi connectivity index (χ1v) is 10.0. The number of nitrogens with one attached hydrogen (secondary N) is 3. The van der Waals surface area contributed by atoms with Crippen molar-refractivity contribution >= 4 is 17.8 Å². The fraction of sp³-hybridized carbons (Fsp3) is 0.318. The van der Waals surface area contributed by atoms with Gasteiger partial charge in [-0.25, -0.2) is 4.39 Å². The normalized spacial score (nSPS) is 19.7. The van der Waals surface area contributed by atoms with Crippen molar-refractivity contribution in [3.8, 4) is 11.1 Å². The average molecular weight is 409 g/mol. The Hall–Kier alpha value is -3.26. The molecule has 8 heteroatoms. The summed E-state index contributed by atoms with van der Waals surface area (Å²) >= 11 is 0. The van der Waals surface area contributed by atoms with Crippen LogP contribution in [0.1, 0.15) is 25.3 Å². The van der Waals surface area contributed by atoms with Gasteiger partial charge in [0.05, 0.1) is 11.9 Å². The summed E-state index contributed by atoms with van der Waals surface area (Å²) in [6.45, 7) is 3.01. The number of aromatic amines is 1. The molecule has 1 amide bonds. The van der Waals surface area contributed by atoms with Crippen molar-refractivity contribution < 1.29 is 9.18 Å². The van der Waals surface area contributed by atoms with Crippen LogP contribution in [0.3, 0.4) is 0 Å². The molecule has 3 heterocycles. The summed E-state index contributed by atoms with van der Waals surface area (Å²) in [6.07, 6.45) is 4.10. The Kier molecular flexibility index (Phi) is 5.76. The number of rotatable bonds is 4. The summed E-state index contributed by atoms with van der Waals surface area (Å²) < 4.78 is 14.6. The number of likely N-dealkylation sites (tertiary alicyclic amines) is 1. The number of nitrogens with zero attached hydrogens (tertiary/aromatic N) is 2. The fourth-order valence-corrected chi connectivity index (χ4v) is 3.78. The Morgan fingerprint density at radius 3 is 2.63 bits per heavy atom. The zero-order chi connectivity index (χ0) is 21.1. The van der Waals surface area contributed by atoms with E-state index < -0.39 is 12.1 Å². The number of aliphatic imine (C=N–C) groups is 1. The minimum atomic E-state index is -0.440. The second kappa shape index (κ2) is 8.62. The van der Waals surface area contributed by atoms with Gasteiger partial charge < -0.3 is 15.2 Å². The molecule has 1 saturated heterocycles. The van der Waals surface area contributed by atoms with Crippen molar-refractivity contribution in [3.63, 3.8) is 0 Å². The molecule has 0 bridgehead atoms. The third-order valence-electron chi connectivity index (χ3n) is 5.46. The highest BCUT2D eigenvalue weighted by atomic mass is 19.1. The molecule has 30 heavy (non-hydrogen) atoms. The Balaban J connectivity index is 1.46. The number of allylic oxidation sites excluding steroid dienone is 1. The summed E-state index contributed by atoms with van der Waals surface area (Å²) in [5.41, 5.74) is 2.61. The van der Waals surface area contributed by atoms with Crippen molar-refractivity contribution in [1.29, 1.82) is 0 Å². The smallest absolute Gasteiger partial charge is 0.247 e. The maximum Gasteiger partial charge on any atom is 0.247 e. The molecular formula is C22H24FN5O2. The van der Waals surface area contributed by atoms with Gasteiger partial charge in [0, 0.05) is 43.9 Å². The number of hydrogen-bond acceptors (Lipinski definition) is 5. The maximum absolute atomic E-state index is 14.6. The van der Waals surface area contributed by atoms with Crippen LogP contribution in [0, 0.1) is 0 Å². The number of carbonyl (C=O) groups excluding carboxylic acids is 1. The van der Waals surface area contributed by atoms with Gasteiger partial charge in [-0.3, -0.25) is 19.9 Å². The van der Waals surface area contributed by atoms with E-state index in [1.165, 1.54) is 12.3 Å². The topological polar surface area (TPSA) is 89.6 Å². The lowest BCUT2D eigenvalue weighted by molar-refractivity contribution is -0.129. The molecule has 0 saturated carbocycles. The van der Waals surface area contributed by atoms with E-state index in [9.17, 15) is 14.0 Å². The van der Waals surface area contributed by atoms with E-state index in [-0.39, 0.29) is 17.5 Å². The Morgan fingerprint density at radius 2 is 1.93 bits per heavy atom. The first-order valence-electron chi connectivity index (χ1n) is 10.0. The van der Waals surface area contributed by atoms with Crippen LogP contribution < -0.4 is 16.2 Å². The van der Waals surface area contributed by atoms with Crippen LogP contribution in [0.15, 0.2) is 58.2 Å². The second-order valence-electron chi connectivity index (χ2n) is 7.52. The van der Waals surface area contributed by atoms with Gasteiger partial charge in [-0.2, -0.15) is 0 Å². The van der Waals surface area contributed by atoms with Crippen LogP contribution >= 0.6 is 0 Å². The standard InChI is InChI=1S/C22H24FN5O2/c1-14(29)28-9-7-18(8-10-28)26-22-25-13-19(23)21(27-22)16-4-2-3-15(11-16)17-5-6-20(30)24-12-17/h2-6,11-13,18,22,26-27H,7-10H2,1H3,(H,24,30). The van der Waals surface area contributed by atoms with Crippen LogP contribution in [0.5, 0.6) is 0 Å². The largest absolute Gasteiger partial charge is 0.349 e. The number of pyridine rings is 1. The van der Waals surface area contributed by atoms with E-state index in [4.69, 9.17) is 0 Å². The number of carbonyl (C=O) groups is 1. The van der Waals surface area contributed by atoms with Gasteiger partial charge in [0.15, 0.2) is 12.1 Å². The Labute approximate surface area is 173 Å². The van der Waals surface area contributed by atoms with E-state index in [0.717, 1.165) is 24.0 Å². The van der Waals surface area contributed by atoms with Crippen LogP contribution in [-0.4, -0.2) is 47.4 Å². The number of amides is 1. The highest BCUT2D eigenvalue weighted by Gasteiger charge is 2.25. The summed E-state index contributed by atoms with van der Waals surface area (Å²) in [6, 6.07) is 10.9. The van der Waals surface area contributed by atoms with Gasteiger partial charge >= 0.3 is 0 Å². The van der Waals surface area contributed by atoms with Crippen molar-refractivity contribution in [2.75, 3.05) is 13.1 Å². The number of benzene rings is 1. The number of piperidine rings is 1. The molecule has 0 radical (unpaired) electrons. The molecule has 0 spiro atoms. The molecule has 7 nitrogen and oxygen atoms in total. The van der Waals surface area contributed by atoms with Crippen molar-refractivity contribution in [2.45, 2.75) is 32.1 Å². The Morgan fingerprint density at radius 1 is 1.17 bits per heavy atom. The lowest BCUT2D eigenvalue weighted by Crippen LogP contribution is -2.51. The average Bonchev–Trinajstić information content (AvgIpc) is 2.76. The minimum absolute atomic E-state index is 0.0944. The minimum Gasteiger partial charge on any atom is -0.349 e. The molecule has 3 N–H and O–H groups in total. The second-order valence-corrected chi connectivity index (χ2v) is 7.52. The predicted octanol–water partition coefficient (Wildman–Crippen LogP) is 2.24. The van der Waals surface area contributed by atoms with Crippen LogP contribution in [0.25, 0.3) is 16.8 Å². The number of halogens is 1. The first-order chi connectivity index (χ1) is 14.5.